The predicted octanol–water partition coefficient (Wildman–Crippen LogP) is 13.9. The van der Waals surface area contributed by atoms with Gasteiger partial charge in [0.25, 0.3) is 0 Å². The fraction of sp³-hybridized carbons (Fsp3) is 0. The summed E-state index contributed by atoms with van der Waals surface area (Å²) in [6, 6.07) is 68.1. The van der Waals surface area contributed by atoms with Gasteiger partial charge < -0.3 is 0 Å². The molecule has 9 aromatic carbocycles. The SMILES string of the molecule is c1ccc(-c2ccc(-c3nc(-c4ccc(-c5ccc6c7ccccc7c7sc(-c8ccccc8)nc7c6c5)cc4)nc(-c4ccc5ccccc5c4)n3)cc2)cc1. The number of hydrogen-bond acceptors (Lipinski definition) is 5. The van der Waals surface area contributed by atoms with E-state index in [0.717, 1.165) is 60.2 Å². The monoisotopic (exact) mass is 744 g/mol. The Bertz CT molecular complexity index is 3270. The first-order valence-electron chi connectivity index (χ1n) is 19.0. The molecule has 0 N–H and O–H groups in total. The molecule has 2 heterocycles. The summed E-state index contributed by atoms with van der Waals surface area (Å²) in [5, 5.41) is 8.20. The van der Waals surface area contributed by atoms with Gasteiger partial charge in [0.05, 0.1) is 10.2 Å². The summed E-state index contributed by atoms with van der Waals surface area (Å²) in [5.74, 6) is 1.90. The number of aromatic nitrogens is 4. The van der Waals surface area contributed by atoms with Gasteiger partial charge in [-0.3, -0.25) is 0 Å². The number of fused-ring (bicyclic) bond motifs is 7. The lowest BCUT2D eigenvalue weighted by Gasteiger charge is -2.11. The van der Waals surface area contributed by atoms with Crippen LogP contribution in [0.5, 0.6) is 0 Å². The van der Waals surface area contributed by atoms with Crippen LogP contribution in [0.1, 0.15) is 0 Å². The molecule has 5 heteroatoms. The number of hydrogen-bond donors (Lipinski definition) is 0. The van der Waals surface area contributed by atoms with Crippen LogP contribution in [0.15, 0.2) is 194 Å². The van der Waals surface area contributed by atoms with Crippen molar-refractivity contribution in [2.75, 3.05) is 0 Å². The standard InChI is InChI=1S/C52H32N4S/c1-3-11-33(12-4-1)35-19-24-37(25-20-35)49-54-50(56-51(55-49)42-28-23-34-13-7-8-16-40(34)31-42)38-26-21-36(22-27-38)41-29-30-44-43-17-9-10-18-45(43)48-47(46(44)32-41)53-52(57-48)39-14-5-2-6-15-39/h1-32H. The Morgan fingerprint density at radius 1 is 0.281 bits per heavy atom. The summed E-state index contributed by atoms with van der Waals surface area (Å²) in [4.78, 5) is 20.4. The molecule has 0 saturated heterocycles. The molecule has 11 aromatic rings. The van der Waals surface area contributed by atoms with Crippen LogP contribution in [-0.2, 0) is 0 Å². The summed E-state index contributed by atoms with van der Waals surface area (Å²) in [7, 11) is 0. The van der Waals surface area contributed by atoms with E-state index in [1.165, 1.54) is 31.8 Å². The number of rotatable bonds is 6. The molecule has 11 rings (SSSR count). The van der Waals surface area contributed by atoms with E-state index in [1.807, 2.05) is 12.1 Å². The van der Waals surface area contributed by atoms with E-state index in [4.69, 9.17) is 19.9 Å². The molecule has 0 aliphatic heterocycles. The molecule has 57 heavy (non-hydrogen) atoms. The van der Waals surface area contributed by atoms with Crippen molar-refractivity contribution < 1.29 is 0 Å². The highest BCUT2D eigenvalue weighted by Crippen LogP contribution is 2.42. The van der Waals surface area contributed by atoms with Gasteiger partial charge in [0, 0.05) is 33.0 Å². The molecule has 0 saturated carbocycles. The highest BCUT2D eigenvalue weighted by Gasteiger charge is 2.17. The van der Waals surface area contributed by atoms with Gasteiger partial charge in [-0.25, -0.2) is 19.9 Å². The van der Waals surface area contributed by atoms with Crippen molar-refractivity contribution in [1.29, 1.82) is 0 Å². The quantitative estimate of drug-likeness (QED) is 0.159. The van der Waals surface area contributed by atoms with Gasteiger partial charge in [0.2, 0.25) is 0 Å². The minimum atomic E-state index is 0.629. The zero-order chi connectivity index (χ0) is 37.7. The van der Waals surface area contributed by atoms with Crippen LogP contribution in [-0.4, -0.2) is 19.9 Å². The van der Waals surface area contributed by atoms with Crippen LogP contribution in [0.3, 0.4) is 0 Å². The molecule has 266 valence electrons. The first-order valence-corrected chi connectivity index (χ1v) is 19.9. The van der Waals surface area contributed by atoms with Gasteiger partial charge in [0.15, 0.2) is 17.5 Å². The Morgan fingerprint density at radius 3 is 1.44 bits per heavy atom. The van der Waals surface area contributed by atoms with Gasteiger partial charge in [-0.15, -0.1) is 11.3 Å². The second-order valence-corrected chi connectivity index (χ2v) is 15.3. The summed E-state index contributed by atoms with van der Waals surface area (Å²) in [6.45, 7) is 0. The van der Waals surface area contributed by atoms with Gasteiger partial charge >= 0.3 is 0 Å². The molecule has 0 unspecified atom stereocenters. The van der Waals surface area contributed by atoms with E-state index in [-0.39, 0.29) is 0 Å². The first-order chi connectivity index (χ1) is 28.2. The largest absolute Gasteiger partial charge is 0.235 e. The molecule has 0 aliphatic carbocycles. The molecule has 0 amide bonds. The van der Waals surface area contributed by atoms with Gasteiger partial charge in [0.1, 0.15) is 5.01 Å². The normalized spacial score (nSPS) is 11.5. The predicted molar refractivity (Wildman–Crippen MR) is 238 cm³/mol. The van der Waals surface area contributed by atoms with E-state index >= 15 is 0 Å². The third-order valence-corrected chi connectivity index (χ3v) is 11.9. The van der Waals surface area contributed by atoms with E-state index in [1.54, 1.807) is 11.3 Å². The first kappa shape index (κ1) is 33.0. The topological polar surface area (TPSA) is 51.6 Å². The maximum atomic E-state index is 5.25. The Balaban J connectivity index is 1.00. The van der Waals surface area contributed by atoms with E-state index < -0.39 is 0 Å². The summed E-state index contributed by atoms with van der Waals surface area (Å²) < 4.78 is 1.21. The summed E-state index contributed by atoms with van der Waals surface area (Å²) in [6.07, 6.45) is 0. The average Bonchev–Trinajstić information content (AvgIpc) is 3.76. The van der Waals surface area contributed by atoms with Gasteiger partial charge in [-0.2, -0.15) is 0 Å². The second kappa shape index (κ2) is 13.7. The number of thiazole rings is 1. The minimum absolute atomic E-state index is 0.629. The highest BCUT2D eigenvalue weighted by molar-refractivity contribution is 7.22. The molecule has 0 atom stereocenters. The van der Waals surface area contributed by atoms with Crippen molar-refractivity contribution in [2.24, 2.45) is 0 Å². The Morgan fingerprint density at radius 2 is 0.754 bits per heavy atom. The van der Waals surface area contributed by atoms with Gasteiger partial charge in [-0.1, -0.05) is 182 Å². The minimum Gasteiger partial charge on any atom is -0.235 e. The van der Waals surface area contributed by atoms with Crippen molar-refractivity contribution in [2.45, 2.75) is 0 Å². The zero-order valence-electron chi connectivity index (χ0n) is 30.7. The molecular weight excluding hydrogens is 713 g/mol. The molecule has 2 aromatic heterocycles. The van der Waals surface area contributed by atoms with Gasteiger partial charge in [-0.05, 0) is 55.9 Å². The van der Waals surface area contributed by atoms with Crippen molar-refractivity contribution in [3.8, 4) is 67.0 Å². The molecule has 0 radical (unpaired) electrons. The van der Waals surface area contributed by atoms with E-state index in [0.29, 0.717) is 17.5 Å². The van der Waals surface area contributed by atoms with Crippen LogP contribution in [0.25, 0.3) is 110 Å². The van der Waals surface area contributed by atoms with Crippen LogP contribution >= 0.6 is 11.3 Å². The zero-order valence-corrected chi connectivity index (χ0v) is 31.5. The lowest BCUT2D eigenvalue weighted by Crippen LogP contribution is -2.00. The Labute approximate surface area is 333 Å². The van der Waals surface area contributed by atoms with E-state index in [9.17, 15) is 0 Å². The average molecular weight is 745 g/mol. The molecule has 4 nitrogen and oxygen atoms in total. The van der Waals surface area contributed by atoms with Crippen molar-refractivity contribution >= 4 is 53.9 Å². The lowest BCUT2D eigenvalue weighted by atomic mass is 9.96. The highest BCUT2D eigenvalue weighted by atomic mass is 32.1. The summed E-state index contributed by atoms with van der Waals surface area (Å²) in [5.41, 5.74) is 9.55. The maximum absolute atomic E-state index is 5.25. The lowest BCUT2D eigenvalue weighted by molar-refractivity contribution is 1.07. The van der Waals surface area contributed by atoms with Crippen molar-refractivity contribution in [3.05, 3.63) is 194 Å². The Kier molecular flexibility index (Phi) is 7.97. The summed E-state index contributed by atoms with van der Waals surface area (Å²) >= 11 is 1.76. The van der Waals surface area contributed by atoms with Crippen molar-refractivity contribution in [3.63, 3.8) is 0 Å². The van der Waals surface area contributed by atoms with Crippen LogP contribution in [0.4, 0.5) is 0 Å². The van der Waals surface area contributed by atoms with Crippen molar-refractivity contribution in [1.82, 2.24) is 19.9 Å². The third kappa shape index (κ3) is 6.02. The smallest absolute Gasteiger partial charge is 0.164 e. The molecule has 0 bridgehead atoms. The maximum Gasteiger partial charge on any atom is 0.164 e. The number of benzene rings is 9. The fourth-order valence-corrected chi connectivity index (χ4v) is 8.93. The molecule has 0 aliphatic rings. The van der Waals surface area contributed by atoms with E-state index in [2.05, 4.69) is 182 Å². The third-order valence-electron chi connectivity index (χ3n) is 10.8. The second-order valence-electron chi connectivity index (χ2n) is 14.3. The molecule has 0 spiro atoms. The van der Waals surface area contributed by atoms with Crippen LogP contribution in [0.2, 0.25) is 0 Å². The fourth-order valence-electron chi connectivity index (χ4n) is 7.81. The molecule has 0 fully saturated rings. The van der Waals surface area contributed by atoms with Crippen LogP contribution in [0, 0.1) is 0 Å². The Hall–Kier alpha value is -7.34. The van der Waals surface area contributed by atoms with Crippen LogP contribution < -0.4 is 0 Å². The number of nitrogens with zero attached hydrogens (tertiary/aromatic N) is 4. The molecular formula is C52H32N4S.